The summed E-state index contributed by atoms with van der Waals surface area (Å²) >= 11 is 10.1. The van der Waals surface area contributed by atoms with E-state index in [2.05, 4.69) is 29.8 Å². The highest BCUT2D eigenvalue weighted by atomic mass is 79.9. The first-order chi connectivity index (χ1) is 13.3. The smallest absolute Gasteiger partial charge is 0.266 e. The Hall–Kier alpha value is -1.70. The van der Waals surface area contributed by atoms with Gasteiger partial charge in [-0.2, -0.15) is 0 Å². The van der Waals surface area contributed by atoms with E-state index in [1.807, 2.05) is 24.3 Å². The quantitative estimate of drug-likeness (QED) is 0.373. The predicted octanol–water partition coefficient (Wildman–Crippen LogP) is 6.02. The Morgan fingerprint density at radius 2 is 1.96 bits per heavy atom. The molecule has 0 atom stereocenters. The minimum absolute atomic E-state index is 0.0758. The van der Waals surface area contributed by atoms with Crippen LogP contribution in [0.2, 0.25) is 0 Å². The first-order valence-electron chi connectivity index (χ1n) is 8.75. The third kappa shape index (κ3) is 5.21. The fourth-order valence-corrected chi connectivity index (χ4v) is 4.31. The molecular formula is C21H19BrFNO2S2. The second kappa shape index (κ2) is 9.20. The van der Waals surface area contributed by atoms with Crippen LogP contribution in [-0.2, 0) is 11.4 Å². The van der Waals surface area contributed by atoms with Gasteiger partial charge in [0.1, 0.15) is 22.5 Å². The minimum atomic E-state index is -0.281. The molecule has 0 aromatic heterocycles. The van der Waals surface area contributed by atoms with Gasteiger partial charge >= 0.3 is 0 Å². The number of thioether (sulfide) groups is 1. The molecule has 0 saturated carbocycles. The van der Waals surface area contributed by atoms with Gasteiger partial charge in [0.15, 0.2) is 0 Å². The highest BCUT2D eigenvalue weighted by molar-refractivity contribution is 9.10. The Morgan fingerprint density at radius 3 is 2.64 bits per heavy atom. The molecule has 1 aliphatic heterocycles. The van der Waals surface area contributed by atoms with Gasteiger partial charge in [-0.05, 0) is 47.9 Å². The predicted molar refractivity (Wildman–Crippen MR) is 120 cm³/mol. The first-order valence-corrected chi connectivity index (χ1v) is 10.8. The zero-order chi connectivity index (χ0) is 20.3. The molecule has 0 spiro atoms. The maximum atomic E-state index is 13.1. The number of benzene rings is 2. The van der Waals surface area contributed by atoms with Gasteiger partial charge in [0.05, 0.1) is 4.91 Å². The number of hydrogen-bond donors (Lipinski definition) is 0. The monoisotopic (exact) mass is 479 g/mol. The number of hydrogen-bond acceptors (Lipinski definition) is 4. The van der Waals surface area contributed by atoms with Crippen LogP contribution in [0.3, 0.4) is 0 Å². The molecule has 1 heterocycles. The molecule has 1 fully saturated rings. The molecule has 0 aliphatic carbocycles. The van der Waals surface area contributed by atoms with Crippen molar-refractivity contribution in [2.24, 2.45) is 5.92 Å². The van der Waals surface area contributed by atoms with Crippen molar-refractivity contribution >= 4 is 56.2 Å². The van der Waals surface area contributed by atoms with Crippen LogP contribution in [0.5, 0.6) is 5.75 Å². The Kier molecular flexibility index (Phi) is 6.91. The van der Waals surface area contributed by atoms with E-state index >= 15 is 0 Å². The third-order valence-electron chi connectivity index (χ3n) is 3.99. The molecule has 0 N–H and O–H groups in total. The Bertz CT molecular complexity index is 929. The average Bonchev–Trinajstić information content (AvgIpc) is 2.89. The van der Waals surface area contributed by atoms with Crippen LogP contribution < -0.4 is 4.74 Å². The van der Waals surface area contributed by atoms with E-state index in [0.29, 0.717) is 34.0 Å². The molecule has 3 rings (SSSR count). The van der Waals surface area contributed by atoms with E-state index in [-0.39, 0.29) is 11.7 Å². The summed E-state index contributed by atoms with van der Waals surface area (Å²) in [5.74, 6) is 0.619. The van der Waals surface area contributed by atoms with Crippen LogP contribution in [0.4, 0.5) is 4.39 Å². The molecule has 3 nitrogen and oxygen atoms in total. The van der Waals surface area contributed by atoms with Crippen molar-refractivity contribution < 1.29 is 13.9 Å². The highest BCUT2D eigenvalue weighted by Gasteiger charge is 2.32. The number of ether oxygens (including phenoxy) is 1. The summed E-state index contributed by atoms with van der Waals surface area (Å²) in [6.07, 6.45) is 1.81. The Balaban J connectivity index is 1.82. The molecule has 0 bridgehead atoms. The molecule has 2 aromatic carbocycles. The third-order valence-corrected chi connectivity index (χ3v) is 5.86. The molecule has 146 valence electrons. The van der Waals surface area contributed by atoms with Gasteiger partial charge in [-0.1, -0.05) is 65.9 Å². The van der Waals surface area contributed by atoms with Gasteiger partial charge in [0.2, 0.25) is 0 Å². The van der Waals surface area contributed by atoms with Crippen molar-refractivity contribution in [1.29, 1.82) is 0 Å². The number of nitrogens with zero attached hydrogens (tertiary/aromatic N) is 1. The number of rotatable bonds is 6. The van der Waals surface area contributed by atoms with Crippen LogP contribution in [0, 0.1) is 11.7 Å². The average molecular weight is 480 g/mol. The fourth-order valence-electron chi connectivity index (χ4n) is 2.67. The van der Waals surface area contributed by atoms with E-state index in [1.54, 1.807) is 17.0 Å². The summed E-state index contributed by atoms with van der Waals surface area (Å²) in [5, 5.41) is 0. The zero-order valence-electron chi connectivity index (χ0n) is 15.4. The second-order valence-corrected chi connectivity index (χ2v) is 9.37. The summed E-state index contributed by atoms with van der Waals surface area (Å²) < 4.78 is 20.4. The standard InChI is InChI=1S/C21H19BrFNO2S2/c1-13(2)11-24-20(25)19(28-21(24)27)10-15-9-16(22)5-8-18(15)26-12-14-3-6-17(23)7-4-14/h3-10,13H,11-12H2,1-2H3/b19-10-. The van der Waals surface area contributed by atoms with Crippen molar-refractivity contribution in [3.8, 4) is 5.75 Å². The van der Waals surface area contributed by atoms with E-state index in [0.717, 1.165) is 15.6 Å². The fraction of sp³-hybridized carbons (Fsp3) is 0.238. The van der Waals surface area contributed by atoms with Crippen molar-refractivity contribution in [3.05, 3.63) is 68.8 Å². The van der Waals surface area contributed by atoms with Crippen LogP contribution in [-0.4, -0.2) is 21.7 Å². The lowest BCUT2D eigenvalue weighted by atomic mass is 10.1. The van der Waals surface area contributed by atoms with Crippen molar-refractivity contribution in [3.63, 3.8) is 0 Å². The van der Waals surface area contributed by atoms with E-state index in [1.165, 1.54) is 23.9 Å². The van der Waals surface area contributed by atoms with Crippen molar-refractivity contribution in [1.82, 2.24) is 4.90 Å². The largest absolute Gasteiger partial charge is 0.488 e. The topological polar surface area (TPSA) is 29.5 Å². The SMILES string of the molecule is CC(C)CN1C(=O)/C(=C/c2cc(Br)ccc2OCc2ccc(F)cc2)SC1=S. The van der Waals surface area contributed by atoms with Crippen LogP contribution in [0.15, 0.2) is 51.8 Å². The lowest BCUT2D eigenvalue weighted by Crippen LogP contribution is -2.31. The maximum absolute atomic E-state index is 13.1. The summed E-state index contributed by atoms with van der Waals surface area (Å²) in [4.78, 5) is 14.9. The Morgan fingerprint density at radius 1 is 1.25 bits per heavy atom. The first kappa shape index (κ1) is 21.0. The molecular weight excluding hydrogens is 461 g/mol. The van der Waals surface area contributed by atoms with E-state index in [9.17, 15) is 9.18 Å². The van der Waals surface area contributed by atoms with Crippen molar-refractivity contribution in [2.45, 2.75) is 20.5 Å². The maximum Gasteiger partial charge on any atom is 0.266 e. The number of carbonyl (C=O) groups is 1. The number of halogens is 2. The summed E-state index contributed by atoms with van der Waals surface area (Å²) in [5.41, 5.74) is 1.64. The highest BCUT2D eigenvalue weighted by Crippen LogP contribution is 2.35. The Labute approximate surface area is 182 Å². The van der Waals surface area contributed by atoms with Crippen LogP contribution in [0.25, 0.3) is 6.08 Å². The number of carbonyl (C=O) groups excluding carboxylic acids is 1. The van der Waals surface area contributed by atoms with Crippen LogP contribution >= 0.6 is 39.9 Å². The summed E-state index contributed by atoms with van der Waals surface area (Å²) in [6.45, 7) is 5.02. The van der Waals surface area contributed by atoms with E-state index < -0.39 is 0 Å². The van der Waals surface area contributed by atoms with Gasteiger partial charge in [-0.3, -0.25) is 9.69 Å². The lowest BCUT2D eigenvalue weighted by Gasteiger charge is -2.16. The molecule has 2 aromatic rings. The van der Waals surface area contributed by atoms with Crippen LogP contribution in [0.1, 0.15) is 25.0 Å². The van der Waals surface area contributed by atoms with Gasteiger partial charge in [-0.25, -0.2) is 4.39 Å². The second-order valence-electron chi connectivity index (χ2n) is 6.78. The number of thiocarbonyl (C=S) groups is 1. The summed E-state index contributed by atoms with van der Waals surface area (Å²) in [6, 6.07) is 11.8. The van der Waals surface area contributed by atoms with Gasteiger partial charge < -0.3 is 4.74 Å². The van der Waals surface area contributed by atoms with Gasteiger partial charge in [0.25, 0.3) is 5.91 Å². The number of amides is 1. The van der Waals surface area contributed by atoms with Gasteiger partial charge in [-0.15, -0.1) is 0 Å². The van der Waals surface area contributed by atoms with Crippen molar-refractivity contribution in [2.75, 3.05) is 6.54 Å². The zero-order valence-corrected chi connectivity index (χ0v) is 18.7. The minimum Gasteiger partial charge on any atom is -0.488 e. The molecule has 0 radical (unpaired) electrons. The molecule has 7 heteroatoms. The molecule has 0 unspecified atom stereocenters. The molecule has 1 saturated heterocycles. The molecule has 1 aliphatic rings. The van der Waals surface area contributed by atoms with Gasteiger partial charge in [0, 0.05) is 16.6 Å². The lowest BCUT2D eigenvalue weighted by molar-refractivity contribution is -0.122. The van der Waals surface area contributed by atoms with E-state index in [4.69, 9.17) is 17.0 Å². The molecule has 28 heavy (non-hydrogen) atoms. The normalized spacial score (nSPS) is 15.8. The summed E-state index contributed by atoms with van der Waals surface area (Å²) in [7, 11) is 0. The molecule has 1 amide bonds.